The number of likely N-dealkylation sites (tertiary alicyclic amines) is 1. The predicted molar refractivity (Wildman–Crippen MR) is 133 cm³/mol. The summed E-state index contributed by atoms with van der Waals surface area (Å²) in [5.74, 6) is -0.192. The van der Waals surface area contributed by atoms with Crippen molar-refractivity contribution in [3.05, 3.63) is 42.5 Å². The molecule has 5 rings (SSSR count). The lowest BCUT2D eigenvalue weighted by Gasteiger charge is -2.52. The minimum Gasteiger partial charge on any atom is -0.453 e. The van der Waals surface area contributed by atoms with Crippen molar-refractivity contribution in [1.82, 2.24) is 4.90 Å². The highest BCUT2D eigenvalue weighted by atomic mass is 79.9. The minimum absolute atomic E-state index is 0.0392. The van der Waals surface area contributed by atoms with E-state index in [1.54, 1.807) is 16.9 Å². The number of fused-ring (bicyclic) bond motifs is 2. The highest BCUT2D eigenvalue weighted by Crippen LogP contribution is 2.72. The molecule has 0 aromatic heterocycles. The zero-order valence-corrected chi connectivity index (χ0v) is 22.2. The first-order valence-corrected chi connectivity index (χ1v) is 13.0. The van der Waals surface area contributed by atoms with Crippen LogP contribution in [0.4, 0.5) is 10.5 Å². The van der Waals surface area contributed by atoms with Gasteiger partial charge in [-0.15, -0.1) is 6.58 Å². The van der Waals surface area contributed by atoms with Crippen molar-refractivity contribution in [3.63, 3.8) is 0 Å². The molecule has 3 fully saturated rings. The molecule has 2 amide bonds. The zero-order chi connectivity index (χ0) is 25.1. The molecular formula is C26H33BrN2O6. The Kier molecular flexibility index (Phi) is 6.27. The van der Waals surface area contributed by atoms with Crippen molar-refractivity contribution in [1.29, 1.82) is 0 Å². The number of halogens is 1. The summed E-state index contributed by atoms with van der Waals surface area (Å²) in [6.07, 6.45) is 1.26. The second-order valence-electron chi connectivity index (χ2n) is 9.85. The number of amides is 2. The molecule has 8 nitrogen and oxygen atoms in total. The van der Waals surface area contributed by atoms with E-state index in [1.165, 1.54) is 7.11 Å². The van der Waals surface area contributed by atoms with E-state index >= 15 is 0 Å². The van der Waals surface area contributed by atoms with Gasteiger partial charge in [-0.25, -0.2) is 4.79 Å². The molecule has 9 heteroatoms. The number of hydrogen-bond donors (Lipinski definition) is 0. The number of piperidine rings is 1. The molecule has 1 spiro atoms. The zero-order valence-electron chi connectivity index (χ0n) is 20.6. The Morgan fingerprint density at radius 1 is 1.34 bits per heavy atom. The Morgan fingerprint density at radius 3 is 2.74 bits per heavy atom. The summed E-state index contributed by atoms with van der Waals surface area (Å²) < 4.78 is 23.0. The van der Waals surface area contributed by atoms with Crippen molar-refractivity contribution in [2.45, 2.75) is 48.9 Å². The van der Waals surface area contributed by atoms with Gasteiger partial charge in [-0.3, -0.25) is 9.69 Å². The third kappa shape index (κ3) is 3.08. The molecule has 2 aliphatic carbocycles. The van der Waals surface area contributed by atoms with Crippen LogP contribution in [0.25, 0.3) is 0 Å². The van der Waals surface area contributed by atoms with Crippen LogP contribution >= 0.6 is 15.9 Å². The van der Waals surface area contributed by atoms with Crippen LogP contribution in [0.1, 0.15) is 25.8 Å². The second-order valence-corrected chi connectivity index (χ2v) is 10.9. The summed E-state index contributed by atoms with van der Waals surface area (Å²) in [6, 6.07) is 7.60. The summed E-state index contributed by atoms with van der Waals surface area (Å²) in [5.41, 5.74) is 0.204. The molecule has 35 heavy (non-hydrogen) atoms. The number of methoxy groups -OCH3 is 2. The Bertz CT molecular complexity index is 1040. The first kappa shape index (κ1) is 24.7. The van der Waals surface area contributed by atoms with Gasteiger partial charge in [0.05, 0.1) is 24.9 Å². The standard InChI is InChI=1S/C26H33BrN2O6/c1-6-25-13-28(24(31)33-5)21-20(27)17(25)12-19(35-15(3)34-7-2)26(22(21)25)16-10-8-9-11-18(16)29(14-32-4)23(26)30/h6,8-11,15,17,19-22H,1,7,12-14H2,2-5H3/t15?,17-,19+,20-,21-,22+,25+,26-/m1/s1. The van der Waals surface area contributed by atoms with Crippen LogP contribution in [0.3, 0.4) is 0 Å². The monoisotopic (exact) mass is 548 g/mol. The Hall–Kier alpha value is -1.94. The van der Waals surface area contributed by atoms with Crippen LogP contribution in [0, 0.1) is 17.3 Å². The van der Waals surface area contributed by atoms with Gasteiger partial charge in [-0.2, -0.15) is 0 Å². The van der Waals surface area contributed by atoms with E-state index in [1.807, 2.05) is 44.2 Å². The van der Waals surface area contributed by atoms with E-state index < -0.39 is 29.3 Å². The van der Waals surface area contributed by atoms with E-state index in [0.717, 1.165) is 11.3 Å². The molecule has 2 saturated carbocycles. The molecule has 2 aliphatic heterocycles. The van der Waals surface area contributed by atoms with E-state index in [0.29, 0.717) is 19.6 Å². The maximum absolute atomic E-state index is 14.6. The quantitative estimate of drug-likeness (QED) is 0.294. The molecule has 0 radical (unpaired) electrons. The van der Waals surface area contributed by atoms with Crippen LogP contribution in [-0.2, 0) is 29.2 Å². The normalized spacial score (nSPS) is 37.6. The summed E-state index contributed by atoms with van der Waals surface area (Å²) in [5, 5.41) is 0. The fourth-order valence-electron chi connectivity index (χ4n) is 7.58. The maximum atomic E-state index is 14.6. The van der Waals surface area contributed by atoms with Crippen LogP contribution in [0.5, 0.6) is 0 Å². The van der Waals surface area contributed by atoms with Gasteiger partial charge in [0.1, 0.15) is 12.1 Å². The molecule has 190 valence electrons. The first-order valence-electron chi connectivity index (χ1n) is 12.1. The van der Waals surface area contributed by atoms with Crippen LogP contribution < -0.4 is 4.90 Å². The Labute approximate surface area is 214 Å². The van der Waals surface area contributed by atoms with Crippen molar-refractivity contribution in [2.24, 2.45) is 17.3 Å². The molecule has 0 N–H and O–H groups in total. The predicted octanol–water partition coefficient (Wildman–Crippen LogP) is 3.68. The van der Waals surface area contributed by atoms with Crippen molar-refractivity contribution < 1.29 is 28.5 Å². The lowest BCUT2D eigenvalue weighted by Crippen LogP contribution is -2.62. The second kappa shape index (κ2) is 8.87. The number of rotatable bonds is 7. The molecule has 2 heterocycles. The summed E-state index contributed by atoms with van der Waals surface area (Å²) >= 11 is 3.94. The number of nitrogens with zero attached hydrogens (tertiary/aromatic N) is 2. The average Bonchev–Trinajstić information content (AvgIpc) is 3.38. The van der Waals surface area contributed by atoms with E-state index in [-0.39, 0.29) is 35.3 Å². The fourth-order valence-corrected chi connectivity index (χ4v) is 8.88. The number of benzene rings is 1. The molecule has 1 saturated heterocycles. The lowest BCUT2D eigenvalue weighted by molar-refractivity contribution is -0.199. The fraction of sp³-hybridized carbons (Fsp3) is 0.615. The van der Waals surface area contributed by atoms with Crippen LogP contribution in [-0.4, -0.2) is 74.3 Å². The average molecular weight is 549 g/mol. The van der Waals surface area contributed by atoms with Gasteiger partial charge in [0.2, 0.25) is 5.91 Å². The number of alkyl halides is 1. The summed E-state index contributed by atoms with van der Waals surface area (Å²) in [4.78, 5) is 31.0. The van der Waals surface area contributed by atoms with Gasteiger partial charge in [0.25, 0.3) is 0 Å². The van der Waals surface area contributed by atoms with E-state index in [4.69, 9.17) is 18.9 Å². The van der Waals surface area contributed by atoms with Crippen LogP contribution in [0.2, 0.25) is 0 Å². The van der Waals surface area contributed by atoms with Gasteiger partial charge in [-0.05, 0) is 37.8 Å². The number of para-hydroxylation sites is 1. The number of hydrogen-bond acceptors (Lipinski definition) is 6. The van der Waals surface area contributed by atoms with Crippen molar-refractivity contribution >= 4 is 33.6 Å². The SMILES string of the molecule is C=C[C@]12CN(C(=O)OC)[C@@H]3[C@H](Br)[C@H]1C[C@H](OC(C)OCC)[C@@]1(C(=O)N(COC)c4ccccc41)[C@@H]32. The number of anilines is 1. The van der Waals surface area contributed by atoms with Crippen molar-refractivity contribution in [3.8, 4) is 0 Å². The third-order valence-corrected chi connectivity index (χ3v) is 9.82. The third-order valence-electron chi connectivity index (χ3n) is 8.64. The highest BCUT2D eigenvalue weighted by Gasteiger charge is 2.80. The molecule has 1 unspecified atom stereocenters. The topological polar surface area (TPSA) is 77.5 Å². The number of carbonyl (C=O) groups excluding carboxylic acids is 2. The van der Waals surface area contributed by atoms with Gasteiger partial charge in [-0.1, -0.05) is 40.2 Å². The molecule has 4 aliphatic rings. The molecule has 1 aromatic carbocycles. The van der Waals surface area contributed by atoms with Crippen molar-refractivity contribution in [2.75, 3.05) is 39.0 Å². The molecular weight excluding hydrogens is 516 g/mol. The molecule has 1 aromatic rings. The summed E-state index contributed by atoms with van der Waals surface area (Å²) in [7, 11) is 2.98. The largest absolute Gasteiger partial charge is 0.453 e. The summed E-state index contributed by atoms with van der Waals surface area (Å²) in [6.45, 7) is 9.13. The minimum atomic E-state index is -1.04. The van der Waals surface area contributed by atoms with Gasteiger partial charge in [0.15, 0.2) is 6.29 Å². The smallest absolute Gasteiger partial charge is 0.409 e. The number of carbonyl (C=O) groups is 2. The van der Waals surface area contributed by atoms with E-state index in [2.05, 4.69) is 22.5 Å². The first-order chi connectivity index (χ1) is 16.8. The molecule has 4 bridgehead atoms. The van der Waals surface area contributed by atoms with Gasteiger partial charge in [0, 0.05) is 36.4 Å². The maximum Gasteiger partial charge on any atom is 0.409 e. The molecule has 8 atom stereocenters. The lowest BCUT2D eigenvalue weighted by atomic mass is 9.52. The van der Waals surface area contributed by atoms with E-state index in [9.17, 15) is 9.59 Å². The van der Waals surface area contributed by atoms with Crippen LogP contribution in [0.15, 0.2) is 36.9 Å². The number of ether oxygens (including phenoxy) is 4. The van der Waals surface area contributed by atoms with Gasteiger partial charge >= 0.3 is 6.09 Å². The Balaban J connectivity index is 1.75. The van der Waals surface area contributed by atoms with Gasteiger partial charge < -0.3 is 23.8 Å². The highest BCUT2D eigenvalue weighted by molar-refractivity contribution is 9.09. The Morgan fingerprint density at radius 2 is 2.09 bits per heavy atom.